The van der Waals surface area contributed by atoms with Gasteiger partial charge in [0.1, 0.15) is 18.3 Å². The summed E-state index contributed by atoms with van der Waals surface area (Å²) in [5, 5.41) is 3.09. The summed E-state index contributed by atoms with van der Waals surface area (Å²) in [6.07, 6.45) is 3.97. The highest BCUT2D eigenvalue weighted by Gasteiger charge is 2.34. The third-order valence-corrected chi connectivity index (χ3v) is 9.36. The zero-order valence-electron chi connectivity index (χ0n) is 24.2. The van der Waals surface area contributed by atoms with Crippen LogP contribution in [0.25, 0.3) is 0 Å². The van der Waals surface area contributed by atoms with Crippen molar-refractivity contribution in [1.29, 1.82) is 0 Å². The van der Waals surface area contributed by atoms with E-state index in [0.717, 1.165) is 46.7 Å². The first-order valence-electron chi connectivity index (χ1n) is 14.0. The molecule has 1 fully saturated rings. The number of methoxy groups -OCH3 is 1. The number of amides is 2. The number of benzene rings is 3. The van der Waals surface area contributed by atoms with Crippen LogP contribution in [0.5, 0.6) is 5.75 Å². The normalized spacial score (nSPS) is 14.3. The van der Waals surface area contributed by atoms with Crippen molar-refractivity contribution in [3.05, 3.63) is 89.5 Å². The molecule has 1 atom stereocenters. The van der Waals surface area contributed by atoms with Crippen LogP contribution in [0, 0.1) is 13.8 Å². The van der Waals surface area contributed by atoms with Gasteiger partial charge in [-0.25, -0.2) is 8.42 Å². The summed E-state index contributed by atoms with van der Waals surface area (Å²) < 4.78 is 34.6. The predicted molar refractivity (Wildman–Crippen MR) is 160 cm³/mol. The first kappa shape index (κ1) is 30.1. The summed E-state index contributed by atoms with van der Waals surface area (Å²) in [6.45, 7) is 5.19. The summed E-state index contributed by atoms with van der Waals surface area (Å²) in [7, 11) is -2.72. The fraction of sp³-hybridized carbons (Fsp3) is 0.375. The molecule has 218 valence electrons. The Morgan fingerprint density at radius 2 is 1.51 bits per heavy atom. The van der Waals surface area contributed by atoms with Crippen LogP contribution in [-0.2, 0) is 26.2 Å². The molecule has 8 nitrogen and oxygen atoms in total. The summed E-state index contributed by atoms with van der Waals surface area (Å²) in [6, 6.07) is 20.2. The van der Waals surface area contributed by atoms with Gasteiger partial charge in [0, 0.05) is 12.6 Å². The third kappa shape index (κ3) is 7.27. The largest absolute Gasteiger partial charge is 0.495 e. The highest BCUT2D eigenvalue weighted by Crippen LogP contribution is 2.32. The molecule has 1 aliphatic carbocycles. The number of anilines is 1. The molecule has 0 bridgehead atoms. The molecular formula is C32H39N3O5S. The molecule has 0 saturated heterocycles. The van der Waals surface area contributed by atoms with Crippen molar-refractivity contribution < 1.29 is 22.7 Å². The van der Waals surface area contributed by atoms with Crippen LogP contribution >= 0.6 is 0 Å². The number of rotatable bonds is 11. The molecule has 0 spiro atoms. The first-order chi connectivity index (χ1) is 19.6. The molecule has 1 N–H and O–H groups in total. The van der Waals surface area contributed by atoms with Crippen molar-refractivity contribution in [3.63, 3.8) is 0 Å². The molecule has 0 aliphatic heterocycles. The SMILES string of the molecule is COc1ccccc1N(CC(=O)N(Cc1ccc(C)cc1)[C@@H](C)C(=O)NC1CCCC1)S(=O)(=O)c1ccc(C)cc1. The minimum Gasteiger partial charge on any atom is -0.495 e. The number of nitrogens with zero attached hydrogens (tertiary/aromatic N) is 2. The van der Waals surface area contributed by atoms with E-state index in [-0.39, 0.29) is 29.1 Å². The van der Waals surface area contributed by atoms with Gasteiger partial charge in [-0.15, -0.1) is 0 Å². The Hall–Kier alpha value is -3.85. The van der Waals surface area contributed by atoms with Crippen molar-refractivity contribution in [2.75, 3.05) is 18.0 Å². The van der Waals surface area contributed by atoms with E-state index in [4.69, 9.17) is 4.74 Å². The monoisotopic (exact) mass is 577 g/mol. The molecule has 0 heterocycles. The van der Waals surface area contributed by atoms with E-state index in [9.17, 15) is 18.0 Å². The van der Waals surface area contributed by atoms with Gasteiger partial charge >= 0.3 is 0 Å². The van der Waals surface area contributed by atoms with Gasteiger partial charge in [0.2, 0.25) is 11.8 Å². The van der Waals surface area contributed by atoms with Crippen molar-refractivity contribution in [2.45, 2.75) is 70.0 Å². The van der Waals surface area contributed by atoms with E-state index in [1.807, 2.05) is 38.1 Å². The van der Waals surface area contributed by atoms with Crippen LogP contribution in [0.4, 0.5) is 5.69 Å². The van der Waals surface area contributed by atoms with Crippen LogP contribution in [-0.4, -0.2) is 50.9 Å². The molecule has 1 saturated carbocycles. The van der Waals surface area contributed by atoms with Crippen LogP contribution in [0.2, 0.25) is 0 Å². The van der Waals surface area contributed by atoms with Crippen LogP contribution in [0.1, 0.15) is 49.3 Å². The Labute approximate surface area is 243 Å². The number of hydrogen-bond donors (Lipinski definition) is 1. The van der Waals surface area contributed by atoms with Crippen LogP contribution < -0.4 is 14.4 Å². The Balaban J connectivity index is 1.71. The van der Waals surface area contributed by atoms with Crippen LogP contribution in [0.3, 0.4) is 0 Å². The third-order valence-electron chi connectivity index (χ3n) is 7.58. The zero-order valence-corrected chi connectivity index (χ0v) is 25.0. The van der Waals surface area contributed by atoms with Gasteiger partial charge in [0.05, 0.1) is 17.7 Å². The molecular weight excluding hydrogens is 538 g/mol. The Morgan fingerprint density at radius 1 is 0.927 bits per heavy atom. The minimum atomic E-state index is -4.17. The summed E-state index contributed by atoms with van der Waals surface area (Å²) >= 11 is 0. The average molecular weight is 578 g/mol. The van der Waals surface area contributed by atoms with E-state index in [1.54, 1.807) is 43.3 Å². The molecule has 3 aromatic carbocycles. The number of carbonyl (C=O) groups is 2. The second-order valence-electron chi connectivity index (χ2n) is 10.7. The Bertz CT molecular complexity index is 1450. The van der Waals surface area contributed by atoms with Crippen molar-refractivity contribution in [1.82, 2.24) is 10.2 Å². The van der Waals surface area contributed by atoms with Gasteiger partial charge in [-0.1, -0.05) is 72.5 Å². The quantitative estimate of drug-likeness (QED) is 0.347. The van der Waals surface area contributed by atoms with Gasteiger partial charge in [-0.05, 0) is 63.4 Å². The number of sulfonamides is 1. The summed E-state index contributed by atoms with van der Waals surface area (Å²) in [4.78, 5) is 29.0. The summed E-state index contributed by atoms with van der Waals surface area (Å²) in [5.74, 6) is -0.433. The Morgan fingerprint density at radius 3 is 2.12 bits per heavy atom. The van der Waals surface area contributed by atoms with Gasteiger partial charge in [-0.2, -0.15) is 0 Å². The number of hydrogen-bond acceptors (Lipinski definition) is 5. The number of para-hydroxylation sites is 2. The standard InChI is InChI=1S/C32H39N3O5S/c1-23-13-17-26(18-14-23)21-34(25(3)32(37)33-27-9-5-6-10-27)31(36)22-35(29-11-7-8-12-30(29)40-4)41(38,39)28-19-15-24(2)16-20-28/h7-8,11-20,25,27H,5-6,9-10,21-22H2,1-4H3,(H,33,37)/t25-/m0/s1. The fourth-order valence-electron chi connectivity index (χ4n) is 5.05. The second kappa shape index (κ2) is 13.2. The molecule has 4 rings (SSSR count). The van der Waals surface area contributed by atoms with E-state index in [1.165, 1.54) is 24.1 Å². The maximum atomic E-state index is 14.1. The van der Waals surface area contributed by atoms with E-state index < -0.39 is 28.5 Å². The van der Waals surface area contributed by atoms with Crippen LogP contribution in [0.15, 0.2) is 77.7 Å². The highest BCUT2D eigenvalue weighted by molar-refractivity contribution is 7.92. The maximum Gasteiger partial charge on any atom is 0.264 e. The first-order valence-corrected chi connectivity index (χ1v) is 15.4. The number of nitrogens with one attached hydrogen (secondary N) is 1. The molecule has 41 heavy (non-hydrogen) atoms. The predicted octanol–water partition coefficient (Wildman–Crippen LogP) is 4.98. The van der Waals surface area contributed by atoms with Crippen molar-refractivity contribution in [2.24, 2.45) is 0 Å². The van der Waals surface area contributed by atoms with Gasteiger partial charge in [0.15, 0.2) is 0 Å². The maximum absolute atomic E-state index is 14.1. The highest BCUT2D eigenvalue weighted by atomic mass is 32.2. The van der Waals surface area contributed by atoms with E-state index in [2.05, 4.69) is 5.32 Å². The average Bonchev–Trinajstić information content (AvgIpc) is 3.48. The lowest BCUT2D eigenvalue weighted by Gasteiger charge is -2.33. The second-order valence-corrected chi connectivity index (χ2v) is 12.5. The van der Waals surface area contributed by atoms with Gasteiger partial charge in [0.25, 0.3) is 10.0 Å². The molecule has 2 amide bonds. The van der Waals surface area contributed by atoms with Gasteiger partial charge in [-0.3, -0.25) is 13.9 Å². The van der Waals surface area contributed by atoms with Gasteiger partial charge < -0.3 is 15.0 Å². The minimum absolute atomic E-state index is 0.0546. The molecule has 1 aliphatic rings. The number of aryl methyl sites for hydroxylation is 2. The fourth-order valence-corrected chi connectivity index (χ4v) is 6.48. The summed E-state index contributed by atoms with van der Waals surface area (Å²) in [5.41, 5.74) is 3.07. The Kier molecular flexibility index (Phi) is 9.70. The lowest BCUT2D eigenvalue weighted by molar-refractivity contribution is -0.139. The lowest BCUT2D eigenvalue weighted by Crippen LogP contribution is -2.52. The molecule has 0 unspecified atom stereocenters. The van der Waals surface area contributed by atoms with E-state index >= 15 is 0 Å². The number of ether oxygens (including phenoxy) is 1. The molecule has 0 radical (unpaired) electrons. The molecule has 0 aromatic heterocycles. The van der Waals surface area contributed by atoms with Crippen molar-refractivity contribution in [3.8, 4) is 5.75 Å². The number of carbonyl (C=O) groups excluding carboxylic acids is 2. The molecule has 9 heteroatoms. The van der Waals surface area contributed by atoms with Crippen molar-refractivity contribution >= 4 is 27.5 Å². The zero-order chi connectivity index (χ0) is 29.6. The lowest BCUT2D eigenvalue weighted by atomic mass is 10.1. The smallest absolute Gasteiger partial charge is 0.264 e. The molecule has 3 aromatic rings. The van der Waals surface area contributed by atoms with E-state index in [0.29, 0.717) is 5.75 Å². The topological polar surface area (TPSA) is 96.0 Å².